The van der Waals surface area contributed by atoms with Crippen molar-refractivity contribution < 1.29 is 0 Å². The summed E-state index contributed by atoms with van der Waals surface area (Å²) in [4.78, 5) is 1.46. The lowest BCUT2D eigenvalue weighted by molar-refractivity contribution is 0.524. The summed E-state index contributed by atoms with van der Waals surface area (Å²) in [5.74, 6) is 0.897. The molecule has 0 N–H and O–H groups in total. The molecule has 0 heterocycles. The molecule has 0 fully saturated rings. The predicted octanol–water partition coefficient (Wildman–Crippen LogP) is 3.27. The van der Waals surface area contributed by atoms with E-state index in [0.29, 0.717) is 0 Å². The molecule has 0 aromatic rings. The minimum Gasteiger partial charge on any atom is -0.106 e. The maximum atomic E-state index is 4.14. The van der Waals surface area contributed by atoms with Crippen LogP contribution >= 0.6 is 22.5 Å². The second-order valence-electron chi connectivity index (χ2n) is 2.64. The van der Waals surface area contributed by atoms with Crippen LogP contribution in [0, 0.1) is 5.92 Å². The maximum absolute atomic E-state index is 4.14. The van der Waals surface area contributed by atoms with Gasteiger partial charge in [-0.2, -0.15) is 0 Å². The molecule has 2 heteroatoms. The van der Waals surface area contributed by atoms with E-state index in [4.69, 9.17) is 0 Å². The first-order valence-electron chi connectivity index (χ1n) is 3.33. The molecule has 0 radical (unpaired) electrons. The highest BCUT2D eigenvalue weighted by atomic mass is 33.1. The Morgan fingerprint density at radius 1 is 1.78 bits per heavy atom. The van der Waals surface area contributed by atoms with Gasteiger partial charge in [0.15, 0.2) is 0 Å². The van der Waals surface area contributed by atoms with Crippen molar-refractivity contribution in [2.75, 3.05) is 0 Å². The van der Waals surface area contributed by atoms with Gasteiger partial charge in [0, 0.05) is 0 Å². The highest BCUT2D eigenvalue weighted by Crippen LogP contribution is 2.31. The molecule has 1 unspecified atom stereocenters. The predicted molar refractivity (Wildman–Crippen MR) is 47.7 cm³/mol. The smallest absolute Gasteiger partial charge is 0.00841 e. The third kappa shape index (κ3) is 2.26. The summed E-state index contributed by atoms with van der Waals surface area (Å²) in [5, 5.41) is 0. The summed E-state index contributed by atoms with van der Waals surface area (Å²) in [5.41, 5.74) is 0. The molecule has 0 saturated heterocycles. The van der Waals surface area contributed by atoms with Crippen LogP contribution in [0.1, 0.15) is 26.2 Å². The van der Waals surface area contributed by atoms with Crippen molar-refractivity contribution in [1.82, 2.24) is 0 Å². The first-order chi connectivity index (χ1) is 4.33. The minimum atomic E-state index is 0.897. The van der Waals surface area contributed by atoms with E-state index < -0.39 is 0 Å². The molecule has 52 valence electrons. The molecule has 0 nitrogen and oxygen atoms in total. The maximum Gasteiger partial charge on any atom is -0.00841 e. The van der Waals surface area contributed by atoms with Gasteiger partial charge in [-0.15, -0.1) is 11.7 Å². The molecule has 1 aliphatic rings. The monoisotopic (exact) mass is 160 g/mol. The molecule has 9 heavy (non-hydrogen) atoms. The lowest BCUT2D eigenvalue weighted by atomic mass is 9.97. The van der Waals surface area contributed by atoms with Gasteiger partial charge in [0.05, 0.1) is 0 Å². The largest absolute Gasteiger partial charge is 0.106 e. The van der Waals surface area contributed by atoms with E-state index in [1.165, 1.54) is 24.2 Å². The third-order valence-corrected chi connectivity index (χ3v) is 3.06. The van der Waals surface area contributed by atoms with Gasteiger partial charge in [-0.3, -0.25) is 0 Å². The van der Waals surface area contributed by atoms with E-state index in [-0.39, 0.29) is 0 Å². The van der Waals surface area contributed by atoms with E-state index in [0.717, 1.165) is 5.92 Å². The lowest BCUT2D eigenvalue weighted by Crippen LogP contribution is -1.98. The van der Waals surface area contributed by atoms with Gasteiger partial charge in [-0.25, -0.2) is 0 Å². The first-order valence-corrected chi connectivity index (χ1v) is 5.20. The normalized spacial score (nSPS) is 27.8. The molecular weight excluding hydrogens is 148 g/mol. The van der Waals surface area contributed by atoms with E-state index in [1.807, 2.05) is 0 Å². The van der Waals surface area contributed by atoms with E-state index >= 15 is 0 Å². The van der Waals surface area contributed by atoms with Gasteiger partial charge < -0.3 is 0 Å². The van der Waals surface area contributed by atoms with Crippen LogP contribution in [0.4, 0.5) is 0 Å². The van der Waals surface area contributed by atoms with Gasteiger partial charge >= 0.3 is 0 Å². The zero-order chi connectivity index (χ0) is 6.69. The fraction of sp³-hybridized carbons (Fsp3) is 0.714. The van der Waals surface area contributed by atoms with Gasteiger partial charge in [0.25, 0.3) is 0 Å². The quantitative estimate of drug-likeness (QED) is 0.454. The van der Waals surface area contributed by atoms with Gasteiger partial charge in [-0.1, -0.05) is 23.8 Å². The van der Waals surface area contributed by atoms with Crippen molar-refractivity contribution in [3.63, 3.8) is 0 Å². The second-order valence-corrected chi connectivity index (χ2v) is 3.90. The van der Waals surface area contributed by atoms with Crippen LogP contribution in [0.25, 0.3) is 0 Å². The average molecular weight is 160 g/mol. The molecule has 0 amide bonds. The van der Waals surface area contributed by atoms with Crippen LogP contribution in [0.15, 0.2) is 11.0 Å². The number of rotatable bonds is 1. The molecule has 1 atom stereocenters. The molecule has 1 rings (SSSR count). The average Bonchev–Trinajstić information content (AvgIpc) is 1.90. The van der Waals surface area contributed by atoms with Crippen LogP contribution < -0.4 is 0 Å². The summed E-state index contributed by atoms with van der Waals surface area (Å²) in [7, 11) is 1.60. The molecule has 0 aliphatic heterocycles. The Kier molecular flexibility index (Phi) is 2.99. The Hall–Kier alpha value is 0.440. The fourth-order valence-electron chi connectivity index (χ4n) is 1.02. The summed E-state index contributed by atoms with van der Waals surface area (Å²) in [6, 6.07) is 0. The molecule has 1 aliphatic carbocycles. The minimum absolute atomic E-state index is 0.897. The Morgan fingerprint density at radius 3 is 3.00 bits per heavy atom. The highest BCUT2D eigenvalue weighted by Gasteiger charge is 2.08. The van der Waals surface area contributed by atoms with Crippen LogP contribution in [0.3, 0.4) is 0 Å². The lowest BCUT2D eigenvalue weighted by Gasteiger charge is -2.15. The summed E-state index contributed by atoms with van der Waals surface area (Å²) < 4.78 is 0. The fourth-order valence-corrected chi connectivity index (χ4v) is 1.90. The van der Waals surface area contributed by atoms with Crippen molar-refractivity contribution in [2.24, 2.45) is 5.92 Å². The standard InChI is InChI=1S/C7H12S2/c1-6-2-4-7(9-8)5-3-6/h4,6,8H,2-3,5H2,1H3. The molecule has 0 aromatic carbocycles. The Morgan fingerprint density at radius 2 is 2.56 bits per heavy atom. The number of hydrogen-bond acceptors (Lipinski definition) is 2. The van der Waals surface area contributed by atoms with Gasteiger partial charge in [-0.05, 0) is 30.1 Å². The Balaban J connectivity index is 2.40. The van der Waals surface area contributed by atoms with Crippen LogP contribution in [0.5, 0.6) is 0 Å². The number of hydrogen-bond donors (Lipinski definition) is 1. The van der Waals surface area contributed by atoms with Crippen molar-refractivity contribution >= 4 is 22.5 Å². The SMILES string of the molecule is CC1CC=C(SS)CC1. The van der Waals surface area contributed by atoms with Crippen molar-refractivity contribution in [2.45, 2.75) is 26.2 Å². The Labute approximate surface area is 65.9 Å². The van der Waals surface area contributed by atoms with E-state index in [1.54, 1.807) is 10.8 Å². The van der Waals surface area contributed by atoms with E-state index in [9.17, 15) is 0 Å². The Bertz CT molecular complexity index is 118. The zero-order valence-electron chi connectivity index (χ0n) is 5.63. The van der Waals surface area contributed by atoms with Crippen LogP contribution in [-0.2, 0) is 0 Å². The summed E-state index contributed by atoms with van der Waals surface area (Å²) in [6.07, 6.45) is 6.16. The molecule has 0 aromatic heterocycles. The number of thiol groups is 1. The second kappa shape index (κ2) is 3.57. The third-order valence-electron chi connectivity index (χ3n) is 1.75. The summed E-state index contributed by atoms with van der Waals surface area (Å²) >= 11 is 4.14. The van der Waals surface area contributed by atoms with Gasteiger partial charge in [0.2, 0.25) is 0 Å². The van der Waals surface area contributed by atoms with Crippen molar-refractivity contribution in [3.05, 3.63) is 11.0 Å². The number of allylic oxidation sites excluding steroid dienone is 2. The van der Waals surface area contributed by atoms with Crippen molar-refractivity contribution in [3.8, 4) is 0 Å². The van der Waals surface area contributed by atoms with Crippen molar-refractivity contribution in [1.29, 1.82) is 0 Å². The van der Waals surface area contributed by atoms with E-state index in [2.05, 4.69) is 24.7 Å². The van der Waals surface area contributed by atoms with Crippen LogP contribution in [-0.4, -0.2) is 0 Å². The molecule has 0 saturated carbocycles. The zero-order valence-corrected chi connectivity index (χ0v) is 7.34. The molecule has 0 spiro atoms. The topological polar surface area (TPSA) is 0 Å². The molecule has 0 bridgehead atoms. The van der Waals surface area contributed by atoms with Gasteiger partial charge in [0.1, 0.15) is 0 Å². The highest BCUT2D eigenvalue weighted by molar-refractivity contribution is 8.70. The first kappa shape index (κ1) is 7.55. The van der Waals surface area contributed by atoms with Crippen LogP contribution in [0.2, 0.25) is 0 Å². The molecular formula is C7H12S2. The summed E-state index contributed by atoms with van der Waals surface area (Å²) in [6.45, 7) is 2.30.